The summed E-state index contributed by atoms with van der Waals surface area (Å²) in [6.45, 7) is 0. The summed E-state index contributed by atoms with van der Waals surface area (Å²) in [5.41, 5.74) is 3.96. The lowest BCUT2D eigenvalue weighted by atomic mass is 10.2. The molecule has 0 N–H and O–H groups in total. The normalized spacial score (nSPS) is 11.5. The zero-order valence-corrected chi connectivity index (χ0v) is 9.04. The minimum atomic E-state index is 0.940. The molecule has 0 aliphatic rings. The van der Waals surface area contributed by atoms with Crippen LogP contribution in [-0.4, -0.2) is 14.6 Å². The van der Waals surface area contributed by atoms with Gasteiger partial charge in [0.05, 0.1) is 11.0 Å². The van der Waals surface area contributed by atoms with Crippen LogP contribution in [0.5, 0.6) is 0 Å². The molecule has 3 nitrogen and oxygen atoms in total. The maximum Gasteiger partial charge on any atom is 0.117 e. The fourth-order valence-corrected chi connectivity index (χ4v) is 2.19. The summed E-state index contributed by atoms with van der Waals surface area (Å²) in [6.07, 6.45) is 1.95. The number of hydrogen-bond acceptors (Lipinski definition) is 2. The van der Waals surface area contributed by atoms with E-state index in [1.165, 1.54) is 0 Å². The maximum absolute atomic E-state index is 4.68. The van der Waals surface area contributed by atoms with Crippen LogP contribution in [0.25, 0.3) is 27.5 Å². The first-order valence-electron chi connectivity index (χ1n) is 5.55. The second-order valence-corrected chi connectivity index (χ2v) is 4.08. The number of para-hydroxylation sites is 1. The second kappa shape index (κ2) is 3.04. The van der Waals surface area contributed by atoms with Gasteiger partial charge in [0.25, 0.3) is 0 Å². The molecule has 0 atom stereocenters. The maximum atomic E-state index is 4.68. The molecule has 0 radical (unpaired) electrons. The van der Waals surface area contributed by atoms with Crippen LogP contribution in [0, 0.1) is 0 Å². The van der Waals surface area contributed by atoms with Gasteiger partial charge in [-0.15, -0.1) is 0 Å². The molecule has 0 aliphatic carbocycles. The van der Waals surface area contributed by atoms with Crippen LogP contribution in [0.4, 0.5) is 0 Å². The van der Waals surface area contributed by atoms with Crippen molar-refractivity contribution in [2.24, 2.45) is 0 Å². The number of rotatable bonds is 0. The molecule has 0 bridgehead atoms. The molecule has 3 heterocycles. The highest BCUT2D eigenvalue weighted by Gasteiger charge is 2.06. The molecule has 4 aromatic rings. The van der Waals surface area contributed by atoms with Crippen LogP contribution < -0.4 is 0 Å². The van der Waals surface area contributed by atoms with Crippen molar-refractivity contribution in [2.45, 2.75) is 0 Å². The molecule has 0 saturated carbocycles. The third-order valence-corrected chi connectivity index (χ3v) is 3.00. The Morgan fingerprint density at radius 1 is 0.882 bits per heavy atom. The van der Waals surface area contributed by atoms with Gasteiger partial charge in [-0.05, 0) is 24.3 Å². The molecule has 3 heteroatoms. The largest absolute Gasteiger partial charge is 0.244 e. The van der Waals surface area contributed by atoms with Crippen molar-refractivity contribution >= 4 is 27.5 Å². The van der Waals surface area contributed by atoms with E-state index in [-0.39, 0.29) is 0 Å². The lowest BCUT2D eigenvalue weighted by molar-refractivity contribution is 0.982. The topological polar surface area (TPSA) is 30.2 Å². The number of nitrogens with zero attached hydrogens (tertiary/aromatic N) is 3. The van der Waals surface area contributed by atoms with Crippen molar-refractivity contribution in [3.63, 3.8) is 0 Å². The van der Waals surface area contributed by atoms with Gasteiger partial charge >= 0.3 is 0 Å². The van der Waals surface area contributed by atoms with E-state index in [0.717, 1.165) is 27.5 Å². The van der Waals surface area contributed by atoms with E-state index < -0.39 is 0 Å². The van der Waals surface area contributed by atoms with Gasteiger partial charge in [0.15, 0.2) is 0 Å². The average Bonchev–Trinajstić information content (AvgIpc) is 2.73. The first-order valence-corrected chi connectivity index (χ1v) is 5.55. The summed E-state index contributed by atoms with van der Waals surface area (Å²) >= 11 is 0. The molecule has 0 aliphatic heterocycles. The Bertz CT molecular complexity index is 840. The third kappa shape index (κ3) is 1.16. The summed E-state index contributed by atoms with van der Waals surface area (Å²) in [6, 6.07) is 16.2. The molecule has 80 valence electrons. The smallest absolute Gasteiger partial charge is 0.117 e. The van der Waals surface area contributed by atoms with Gasteiger partial charge in [-0.3, -0.25) is 0 Å². The van der Waals surface area contributed by atoms with E-state index in [9.17, 15) is 0 Å². The van der Waals surface area contributed by atoms with Gasteiger partial charge in [0, 0.05) is 11.6 Å². The van der Waals surface area contributed by atoms with Crippen LogP contribution in [0.1, 0.15) is 0 Å². The molecule has 0 unspecified atom stereocenters. The Morgan fingerprint density at radius 3 is 2.76 bits per heavy atom. The molecular formula is C14H9N3. The number of aromatic nitrogens is 3. The second-order valence-electron chi connectivity index (χ2n) is 4.08. The van der Waals surface area contributed by atoms with Crippen LogP contribution in [0.15, 0.2) is 54.7 Å². The number of pyridine rings is 2. The highest BCUT2D eigenvalue weighted by atomic mass is 15.2. The van der Waals surface area contributed by atoms with Crippen LogP contribution in [0.2, 0.25) is 0 Å². The van der Waals surface area contributed by atoms with Gasteiger partial charge in [0.1, 0.15) is 11.0 Å². The van der Waals surface area contributed by atoms with Crippen molar-refractivity contribution in [3.05, 3.63) is 54.7 Å². The van der Waals surface area contributed by atoms with E-state index in [1.54, 1.807) is 0 Å². The summed E-state index contributed by atoms with van der Waals surface area (Å²) < 4.78 is 1.87. The number of benzene rings is 1. The Hall–Kier alpha value is -2.42. The SMILES string of the molecule is c1ccc2nc3c(cc2c1)nn1ccccc31. The molecule has 0 fully saturated rings. The molecule has 0 saturated heterocycles. The molecule has 17 heavy (non-hydrogen) atoms. The monoisotopic (exact) mass is 219 g/mol. The van der Waals surface area contributed by atoms with Crippen LogP contribution in [-0.2, 0) is 0 Å². The van der Waals surface area contributed by atoms with Crippen LogP contribution >= 0.6 is 0 Å². The Labute approximate surface area is 97.3 Å². The van der Waals surface area contributed by atoms with Crippen molar-refractivity contribution < 1.29 is 0 Å². The standard InChI is InChI=1S/C14H9N3/c1-2-6-11-10(5-1)9-12-14(15-11)13-7-3-4-8-17(13)16-12/h1-9H. The molecule has 4 rings (SSSR count). The Balaban J connectivity index is 2.28. The molecular weight excluding hydrogens is 210 g/mol. The van der Waals surface area contributed by atoms with Crippen molar-refractivity contribution in [2.75, 3.05) is 0 Å². The van der Waals surface area contributed by atoms with Gasteiger partial charge in [-0.25, -0.2) is 9.50 Å². The van der Waals surface area contributed by atoms with Gasteiger partial charge in [0.2, 0.25) is 0 Å². The zero-order chi connectivity index (χ0) is 11.2. The Morgan fingerprint density at radius 2 is 1.76 bits per heavy atom. The van der Waals surface area contributed by atoms with Crippen molar-refractivity contribution in [3.8, 4) is 0 Å². The quantitative estimate of drug-likeness (QED) is 0.455. The van der Waals surface area contributed by atoms with E-state index in [0.29, 0.717) is 0 Å². The molecule has 0 amide bonds. The van der Waals surface area contributed by atoms with Gasteiger partial charge in [-0.2, -0.15) is 5.10 Å². The fourth-order valence-electron chi connectivity index (χ4n) is 2.19. The third-order valence-electron chi connectivity index (χ3n) is 3.00. The molecule has 1 aromatic carbocycles. The van der Waals surface area contributed by atoms with E-state index >= 15 is 0 Å². The average molecular weight is 219 g/mol. The molecule has 0 spiro atoms. The van der Waals surface area contributed by atoms with E-state index in [2.05, 4.69) is 22.2 Å². The Kier molecular flexibility index (Phi) is 1.56. The number of hydrogen-bond donors (Lipinski definition) is 0. The lowest BCUT2D eigenvalue weighted by Gasteiger charge is -1.95. The lowest BCUT2D eigenvalue weighted by Crippen LogP contribution is -1.82. The highest BCUT2D eigenvalue weighted by molar-refractivity contribution is 5.98. The summed E-state index contributed by atoms with van der Waals surface area (Å²) in [4.78, 5) is 4.68. The highest BCUT2D eigenvalue weighted by Crippen LogP contribution is 2.21. The van der Waals surface area contributed by atoms with Crippen LogP contribution in [0.3, 0.4) is 0 Å². The minimum Gasteiger partial charge on any atom is -0.244 e. The predicted molar refractivity (Wildman–Crippen MR) is 68.0 cm³/mol. The fraction of sp³-hybridized carbons (Fsp3) is 0. The van der Waals surface area contributed by atoms with Gasteiger partial charge < -0.3 is 0 Å². The first-order chi connectivity index (χ1) is 8.42. The van der Waals surface area contributed by atoms with Crippen molar-refractivity contribution in [1.29, 1.82) is 0 Å². The molecule has 3 aromatic heterocycles. The number of fused-ring (bicyclic) bond motifs is 4. The first kappa shape index (κ1) is 8.70. The minimum absolute atomic E-state index is 0.940. The van der Waals surface area contributed by atoms with Gasteiger partial charge in [-0.1, -0.05) is 24.3 Å². The van der Waals surface area contributed by atoms with E-state index in [1.807, 2.05) is 47.1 Å². The van der Waals surface area contributed by atoms with Crippen molar-refractivity contribution in [1.82, 2.24) is 14.6 Å². The van der Waals surface area contributed by atoms with E-state index in [4.69, 9.17) is 0 Å². The summed E-state index contributed by atoms with van der Waals surface area (Å²) in [7, 11) is 0. The summed E-state index contributed by atoms with van der Waals surface area (Å²) in [5, 5.41) is 5.65. The zero-order valence-electron chi connectivity index (χ0n) is 9.04. The predicted octanol–water partition coefficient (Wildman–Crippen LogP) is 3.04. The summed E-state index contributed by atoms with van der Waals surface area (Å²) in [5.74, 6) is 0.